The first-order valence-corrected chi connectivity index (χ1v) is 15.9. The lowest BCUT2D eigenvalue weighted by atomic mass is 9.69. The maximum absolute atomic E-state index is 6.55. The minimum Gasteiger partial charge on any atom is -0.457 e. The van der Waals surface area contributed by atoms with E-state index >= 15 is 0 Å². The second kappa shape index (κ2) is 8.61. The minimum atomic E-state index is -0.397. The van der Waals surface area contributed by atoms with E-state index in [0.29, 0.717) is 0 Å². The quantitative estimate of drug-likeness (QED) is 0.189. The second-order valence-electron chi connectivity index (χ2n) is 13.2. The fraction of sp³-hybridized carbons (Fsp3) is 0.0909. The van der Waals surface area contributed by atoms with Crippen LogP contribution in [0.3, 0.4) is 0 Å². The Bertz CT molecular complexity index is 2390. The molecule has 45 heavy (non-hydrogen) atoms. The molecular weight excluding hydrogens is 544 g/mol. The lowest BCUT2D eigenvalue weighted by molar-refractivity contribution is 0.419. The van der Waals surface area contributed by atoms with Gasteiger partial charge in [0.1, 0.15) is 11.5 Å². The molecule has 1 unspecified atom stereocenters. The SMILES string of the molecule is CC1(C)c2ccccc2Oc2cccc(-c3ccc4c(c3)C3(c5ccccc5-4)c4ccccc4-c4cc5ccccc5cc43)c21. The average molecular weight is 575 g/mol. The van der Waals surface area contributed by atoms with Crippen molar-refractivity contribution in [2.24, 2.45) is 0 Å². The molecular formula is C44H30O. The zero-order valence-electron chi connectivity index (χ0n) is 25.3. The van der Waals surface area contributed by atoms with E-state index in [0.717, 1.165) is 11.5 Å². The molecule has 7 aromatic carbocycles. The van der Waals surface area contributed by atoms with Gasteiger partial charge in [-0.1, -0.05) is 129 Å². The Morgan fingerprint density at radius 2 is 0.956 bits per heavy atom. The fourth-order valence-electron chi connectivity index (χ4n) is 8.82. The standard InChI is InChI=1S/C44H30O/c1-43(2)37-19-9-10-20-40(37)45-41-21-11-16-30(42(41)43)29-22-23-33-31-14-5-7-17-35(31)44(38(33)26-29)36-18-8-6-15-32(36)34-24-27-12-3-4-13-28(27)25-39(34)44/h3-26H,1-2H3. The third-order valence-electron chi connectivity index (χ3n) is 10.7. The van der Waals surface area contributed by atoms with E-state index in [9.17, 15) is 0 Å². The topological polar surface area (TPSA) is 9.23 Å². The molecule has 0 N–H and O–H groups in total. The molecule has 2 aliphatic carbocycles. The van der Waals surface area contributed by atoms with Crippen molar-refractivity contribution >= 4 is 10.8 Å². The van der Waals surface area contributed by atoms with Gasteiger partial charge in [0.2, 0.25) is 0 Å². The molecule has 7 aromatic rings. The number of para-hydroxylation sites is 1. The van der Waals surface area contributed by atoms with Crippen LogP contribution in [0, 0.1) is 0 Å². The van der Waals surface area contributed by atoms with Gasteiger partial charge in [-0.05, 0) is 96.7 Å². The monoisotopic (exact) mass is 574 g/mol. The molecule has 212 valence electrons. The van der Waals surface area contributed by atoms with E-state index in [4.69, 9.17) is 4.74 Å². The molecule has 10 rings (SSSR count). The molecule has 1 aliphatic heterocycles. The van der Waals surface area contributed by atoms with Crippen molar-refractivity contribution in [3.63, 3.8) is 0 Å². The summed E-state index contributed by atoms with van der Waals surface area (Å²) in [5.41, 5.74) is 15.1. The molecule has 0 radical (unpaired) electrons. The van der Waals surface area contributed by atoms with Gasteiger partial charge in [0, 0.05) is 16.5 Å². The van der Waals surface area contributed by atoms with Gasteiger partial charge in [0.15, 0.2) is 0 Å². The van der Waals surface area contributed by atoms with Crippen LogP contribution in [0.5, 0.6) is 11.5 Å². The molecule has 0 bridgehead atoms. The van der Waals surface area contributed by atoms with Gasteiger partial charge in [0.25, 0.3) is 0 Å². The van der Waals surface area contributed by atoms with Crippen LogP contribution >= 0.6 is 0 Å². The molecule has 1 spiro atoms. The third-order valence-corrected chi connectivity index (χ3v) is 10.7. The largest absolute Gasteiger partial charge is 0.457 e. The van der Waals surface area contributed by atoms with Crippen LogP contribution in [0.25, 0.3) is 44.2 Å². The summed E-state index contributed by atoms with van der Waals surface area (Å²) in [4.78, 5) is 0. The zero-order chi connectivity index (χ0) is 29.9. The second-order valence-corrected chi connectivity index (χ2v) is 13.2. The molecule has 0 amide bonds. The van der Waals surface area contributed by atoms with Crippen LogP contribution in [-0.2, 0) is 10.8 Å². The highest BCUT2D eigenvalue weighted by atomic mass is 16.5. The number of benzene rings is 7. The smallest absolute Gasteiger partial charge is 0.132 e. The van der Waals surface area contributed by atoms with Crippen LogP contribution < -0.4 is 4.74 Å². The van der Waals surface area contributed by atoms with Crippen molar-refractivity contribution in [1.82, 2.24) is 0 Å². The van der Waals surface area contributed by atoms with E-state index in [2.05, 4.69) is 159 Å². The molecule has 1 atom stereocenters. The van der Waals surface area contributed by atoms with Crippen LogP contribution in [0.1, 0.15) is 47.2 Å². The number of fused-ring (bicyclic) bond motifs is 13. The fourth-order valence-corrected chi connectivity index (χ4v) is 8.82. The molecule has 1 nitrogen and oxygen atoms in total. The summed E-state index contributed by atoms with van der Waals surface area (Å²) >= 11 is 0. The minimum absolute atomic E-state index is 0.216. The first-order valence-electron chi connectivity index (χ1n) is 15.9. The lowest BCUT2D eigenvalue weighted by Gasteiger charge is -2.36. The third kappa shape index (κ3) is 3.08. The normalized spacial score (nSPS) is 17.6. The highest BCUT2D eigenvalue weighted by Crippen LogP contribution is 2.64. The summed E-state index contributed by atoms with van der Waals surface area (Å²) in [6.07, 6.45) is 0. The lowest BCUT2D eigenvalue weighted by Crippen LogP contribution is -2.26. The van der Waals surface area contributed by atoms with E-state index < -0.39 is 5.41 Å². The van der Waals surface area contributed by atoms with E-state index in [-0.39, 0.29) is 5.41 Å². The van der Waals surface area contributed by atoms with Crippen molar-refractivity contribution in [3.8, 4) is 44.9 Å². The Balaban J connectivity index is 1.28. The highest BCUT2D eigenvalue weighted by Gasteiger charge is 2.52. The van der Waals surface area contributed by atoms with Crippen LogP contribution in [-0.4, -0.2) is 0 Å². The van der Waals surface area contributed by atoms with Crippen molar-refractivity contribution in [1.29, 1.82) is 0 Å². The van der Waals surface area contributed by atoms with Crippen LogP contribution in [0.15, 0.2) is 146 Å². The Morgan fingerprint density at radius 3 is 1.73 bits per heavy atom. The summed E-state index contributed by atoms with van der Waals surface area (Å²) in [6.45, 7) is 4.66. The van der Waals surface area contributed by atoms with Crippen molar-refractivity contribution in [3.05, 3.63) is 179 Å². The van der Waals surface area contributed by atoms with E-state index in [1.54, 1.807) is 0 Å². The predicted molar refractivity (Wildman–Crippen MR) is 184 cm³/mol. The van der Waals surface area contributed by atoms with Gasteiger partial charge in [-0.2, -0.15) is 0 Å². The Morgan fingerprint density at radius 1 is 0.400 bits per heavy atom. The molecule has 0 fully saturated rings. The summed E-state index contributed by atoms with van der Waals surface area (Å²) in [5, 5.41) is 2.56. The average Bonchev–Trinajstić information content (AvgIpc) is 3.53. The molecule has 1 heteroatoms. The molecule has 3 aliphatic rings. The zero-order valence-corrected chi connectivity index (χ0v) is 25.3. The Kier molecular flexibility index (Phi) is 4.78. The number of ether oxygens (including phenoxy) is 1. The predicted octanol–water partition coefficient (Wildman–Crippen LogP) is 11.3. The Labute approximate surface area is 263 Å². The highest BCUT2D eigenvalue weighted by molar-refractivity contribution is 6.00. The summed E-state index contributed by atoms with van der Waals surface area (Å²) in [5.74, 6) is 1.89. The molecule has 0 saturated carbocycles. The van der Waals surface area contributed by atoms with Gasteiger partial charge < -0.3 is 4.74 Å². The van der Waals surface area contributed by atoms with Crippen molar-refractivity contribution in [2.75, 3.05) is 0 Å². The summed E-state index contributed by atoms with van der Waals surface area (Å²) in [6, 6.07) is 54.0. The van der Waals surface area contributed by atoms with Crippen LogP contribution in [0.4, 0.5) is 0 Å². The molecule has 0 saturated heterocycles. The molecule has 1 heterocycles. The number of hydrogen-bond acceptors (Lipinski definition) is 1. The van der Waals surface area contributed by atoms with Gasteiger partial charge in [-0.15, -0.1) is 0 Å². The van der Waals surface area contributed by atoms with E-state index in [1.165, 1.54) is 77.5 Å². The maximum Gasteiger partial charge on any atom is 0.132 e. The number of rotatable bonds is 1. The maximum atomic E-state index is 6.55. The number of hydrogen-bond donors (Lipinski definition) is 0. The molecule has 0 aromatic heterocycles. The van der Waals surface area contributed by atoms with Gasteiger partial charge in [0.05, 0.1) is 5.41 Å². The van der Waals surface area contributed by atoms with Gasteiger partial charge in [-0.25, -0.2) is 0 Å². The van der Waals surface area contributed by atoms with Crippen molar-refractivity contribution in [2.45, 2.75) is 24.7 Å². The van der Waals surface area contributed by atoms with Crippen LogP contribution in [0.2, 0.25) is 0 Å². The Hall–Kier alpha value is -5.40. The van der Waals surface area contributed by atoms with Gasteiger partial charge >= 0.3 is 0 Å². The van der Waals surface area contributed by atoms with E-state index in [1.807, 2.05) is 0 Å². The summed E-state index contributed by atoms with van der Waals surface area (Å²) in [7, 11) is 0. The first kappa shape index (κ1) is 25.0. The van der Waals surface area contributed by atoms with Crippen molar-refractivity contribution < 1.29 is 4.74 Å². The summed E-state index contributed by atoms with van der Waals surface area (Å²) < 4.78 is 6.55. The van der Waals surface area contributed by atoms with Gasteiger partial charge in [-0.3, -0.25) is 0 Å². The first-order chi connectivity index (χ1) is 22.1.